The lowest BCUT2D eigenvalue weighted by Crippen LogP contribution is -2.39. The molecule has 1 aromatic rings. The number of aliphatic hydroxyl groups is 1. The predicted molar refractivity (Wildman–Crippen MR) is 62.1 cm³/mol. The molecule has 0 saturated carbocycles. The number of aliphatic hydroxyl groups excluding tert-OH is 1. The van der Waals surface area contributed by atoms with Crippen molar-refractivity contribution < 1.29 is 9.84 Å². The highest BCUT2D eigenvalue weighted by molar-refractivity contribution is 5.08. The monoisotopic (exact) mass is 224 g/mol. The standard InChI is InChI=1S/C12H20N2O2/c15-6-7-16-12-2-1-5-14(10-12)9-11-3-4-13-8-11/h3-4,8,12-13,15H,1-2,5-7,9-10H2. The summed E-state index contributed by atoms with van der Waals surface area (Å²) in [6.07, 6.45) is 6.58. The number of hydrogen-bond acceptors (Lipinski definition) is 3. The Kier molecular flexibility index (Phi) is 4.39. The Hall–Kier alpha value is -0.840. The first-order chi connectivity index (χ1) is 7.88. The zero-order valence-corrected chi connectivity index (χ0v) is 9.56. The zero-order valence-electron chi connectivity index (χ0n) is 9.56. The van der Waals surface area contributed by atoms with Gasteiger partial charge in [0.1, 0.15) is 0 Å². The quantitative estimate of drug-likeness (QED) is 0.784. The lowest BCUT2D eigenvalue weighted by atomic mass is 10.1. The van der Waals surface area contributed by atoms with Gasteiger partial charge in [0.05, 0.1) is 19.3 Å². The molecule has 1 unspecified atom stereocenters. The number of H-pyrrole nitrogens is 1. The lowest BCUT2D eigenvalue weighted by molar-refractivity contribution is -0.0162. The van der Waals surface area contributed by atoms with Gasteiger partial charge in [0.25, 0.3) is 0 Å². The Morgan fingerprint density at radius 2 is 2.50 bits per heavy atom. The molecule has 2 heterocycles. The van der Waals surface area contributed by atoms with E-state index in [0.29, 0.717) is 12.7 Å². The molecule has 0 aliphatic carbocycles. The highest BCUT2D eigenvalue weighted by Crippen LogP contribution is 2.15. The fourth-order valence-corrected chi connectivity index (χ4v) is 2.23. The van der Waals surface area contributed by atoms with E-state index < -0.39 is 0 Å². The number of rotatable bonds is 5. The Labute approximate surface area is 96.2 Å². The molecule has 4 nitrogen and oxygen atoms in total. The lowest BCUT2D eigenvalue weighted by Gasteiger charge is -2.32. The number of hydrogen-bond donors (Lipinski definition) is 2. The van der Waals surface area contributed by atoms with E-state index in [1.54, 1.807) is 0 Å². The Balaban J connectivity index is 1.77. The van der Waals surface area contributed by atoms with Crippen molar-refractivity contribution in [3.05, 3.63) is 24.0 Å². The predicted octanol–water partition coefficient (Wildman–Crippen LogP) is 0.988. The fourth-order valence-electron chi connectivity index (χ4n) is 2.23. The zero-order chi connectivity index (χ0) is 11.2. The average molecular weight is 224 g/mol. The van der Waals surface area contributed by atoms with E-state index in [9.17, 15) is 0 Å². The molecule has 2 N–H and O–H groups in total. The normalized spacial score (nSPS) is 22.4. The van der Waals surface area contributed by atoms with E-state index in [2.05, 4.69) is 16.0 Å². The van der Waals surface area contributed by atoms with Crippen molar-refractivity contribution in [2.75, 3.05) is 26.3 Å². The van der Waals surface area contributed by atoms with Crippen LogP contribution >= 0.6 is 0 Å². The summed E-state index contributed by atoms with van der Waals surface area (Å²) in [5.74, 6) is 0. The number of ether oxygens (including phenoxy) is 1. The minimum atomic E-state index is 0.119. The molecule has 1 atom stereocenters. The maximum atomic E-state index is 8.73. The van der Waals surface area contributed by atoms with Gasteiger partial charge in [-0.2, -0.15) is 0 Å². The second kappa shape index (κ2) is 6.03. The molecule has 0 bridgehead atoms. The summed E-state index contributed by atoms with van der Waals surface area (Å²) in [5, 5.41) is 8.73. The van der Waals surface area contributed by atoms with Crippen molar-refractivity contribution in [1.82, 2.24) is 9.88 Å². The van der Waals surface area contributed by atoms with Gasteiger partial charge < -0.3 is 14.8 Å². The Morgan fingerprint density at radius 1 is 1.56 bits per heavy atom. The van der Waals surface area contributed by atoms with Crippen LogP contribution in [0.5, 0.6) is 0 Å². The highest BCUT2D eigenvalue weighted by atomic mass is 16.5. The van der Waals surface area contributed by atoms with E-state index in [1.807, 2.05) is 12.4 Å². The van der Waals surface area contributed by atoms with Crippen molar-refractivity contribution in [2.45, 2.75) is 25.5 Å². The van der Waals surface area contributed by atoms with Gasteiger partial charge in [-0.3, -0.25) is 4.90 Å². The number of nitrogens with zero attached hydrogens (tertiary/aromatic N) is 1. The van der Waals surface area contributed by atoms with Gasteiger partial charge in [-0.15, -0.1) is 0 Å². The van der Waals surface area contributed by atoms with Gasteiger partial charge in [-0.05, 0) is 31.0 Å². The van der Waals surface area contributed by atoms with Crippen LogP contribution in [0, 0.1) is 0 Å². The van der Waals surface area contributed by atoms with Gasteiger partial charge in [0.2, 0.25) is 0 Å². The molecule has 1 fully saturated rings. The van der Waals surface area contributed by atoms with Crippen LogP contribution in [0.15, 0.2) is 18.5 Å². The van der Waals surface area contributed by atoms with Gasteiger partial charge in [0, 0.05) is 25.5 Å². The SMILES string of the molecule is OCCOC1CCCN(Cc2cc[nH]c2)C1. The summed E-state index contributed by atoms with van der Waals surface area (Å²) >= 11 is 0. The second-order valence-electron chi connectivity index (χ2n) is 4.31. The third kappa shape index (κ3) is 3.33. The minimum Gasteiger partial charge on any atom is -0.394 e. The van der Waals surface area contributed by atoms with E-state index in [-0.39, 0.29) is 6.61 Å². The molecule has 0 aromatic carbocycles. The maximum Gasteiger partial charge on any atom is 0.0703 e. The Morgan fingerprint density at radius 3 is 3.25 bits per heavy atom. The van der Waals surface area contributed by atoms with Crippen LogP contribution in [0.1, 0.15) is 18.4 Å². The van der Waals surface area contributed by atoms with Gasteiger partial charge in [0.15, 0.2) is 0 Å². The third-order valence-electron chi connectivity index (χ3n) is 2.98. The largest absolute Gasteiger partial charge is 0.394 e. The van der Waals surface area contributed by atoms with Crippen molar-refractivity contribution in [3.8, 4) is 0 Å². The number of likely N-dealkylation sites (tertiary alicyclic amines) is 1. The average Bonchev–Trinajstić information content (AvgIpc) is 2.80. The summed E-state index contributed by atoms with van der Waals surface area (Å²) < 4.78 is 5.58. The molecular formula is C12H20N2O2. The molecule has 2 rings (SSSR count). The molecule has 0 spiro atoms. The van der Waals surface area contributed by atoms with Crippen LogP contribution in [-0.2, 0) is 11.3 Å². The van der Waals surface area contributed by atoms with Crippen LogP contribution in [-0.4, -0.2) is 47.4 Å². The number of piperidine rings is 1. The van der Waals surface area contributed by atoms with Crippen LogP contribution in [0.25, 0.3) is 0 Å². The molecule has 90 valence electrons. The first-order valence-electron chi connectivity index (χ1n) is 5.95. The van der Waals surface area contributed by atoms with Crippen LogP contribution in [0.4, 0.5) is 0 Å². The van der Waals surface area contributed by atoms with E-state index in [0.717, 1.165) is 26.1 Å². The minimum absolute atomic E-state index is 0.119. The highest BCUT2D eigenvalue weighted by Gasteiger charge is 2.20. The third-order valence-corrected chi connectivity index (χ3v) is 2.98. The van der Waals surface area contributed by atoms with Crippen molar-refractivity contribution in [1.29, 1.82) is 0 Å². The first-order valence-corrected chi connectivity index (χ1v) is 5.95. The van der Waals surface area contributed by atoms with Crippen molar-refractivity contribution in [2.24, 2.45) is 0 Å². The van der Waals surface area contributed by atoms with Crippen LogP contribution < -0.4 is 0 Å². The topological polar surface area (TPSA) is 48.5 Å². The molecule has 1 aliphatic rings. The number of aromatic amines is 1. The van der Waals surface area contributed by atoms with E-state index in [1.165, 1.54) is 12.0 Å². The second-order valence-corrected chi connectivity index (χ2v) is 4.31. The molecular weight excluding hydrogens is 204 g/mol. The van der Waals surface area contributed by atoms with Gasteiger partial charge in [-0.1, -0.05) is 0 Å². The van der Waals surface area contributed by atoms with E-state index >= 15 is 0 Å². The number of nitrogens with one attached hydrogen (secondary N) is 1. The van der Waals surface area contributed by atoms with Crippen molar-refractivity contribution >= 4 is 0 Å². The molecule has 1 aliphatic heterocycles. The summed E-state index contributed by atoms with van der Waals surface area (Å²) in [7, 11) is 0. The fraction of sp³-hybridized carbons (Fsp3) is 0.667. The summed E-state index contributed by atoms with van der Waals surface area (Å²) in [6.45, 7) is 3.69. The first kappa shape index (κ1) is 11.6. The molecule has 0 amide bonds. The summed E-state index contributed by atoms with van der Waals surface area (Å²) in [4.78, 5) is 5.49. The summed E-state index contributed by atoms with van der Waals surface area (Å²) in [6, 6.07) is 2.11. The Bertz CT molecular complexity index is 287. The number of aromatic nitrogens is 1. The molecule has 4 heteroatoms. The maximum absolute atomic E-state index is 8.73. The smallest absolute Gasteiger partial charge is 0.0703 e. The van der Waals surface area contributed by atoms with Crippen molar-refractivity contribution in [3.63, 3.8) is 0 Å². The van der Waals surface area contributed by atoms with Gasteiger partial charge in [-0.25, -0.2) is 0 Å². The molecule has 1 saturated heterocycles. The molecule has 1 aromatic heterocycles. The molecule has 0 radical (unpaired) electrons. The van der Waals surface area contributed by atoms with Gasteiger partial charge >= 0.3 is 0 Å². The van der Waals surface area contributed by atoms with Crippen LogP contribution in [0.3, 0.4) is 0 Å². The van der Waals surface area contributed by atoms with Crippen LogP contribution in [0.2, 0.25) is 0 Å². The van der Waals surface area contributed by atoms with E-state index in [4.69, 9.17) is 9.84 Å². The summed E-state index contributed by atoms with van der Waals surface area (Å²) in [5.41, 5.74) is 1.32. The molecule has 16 heavy (non-hydrogen) atoms.